The molecule has 6 heteroatoms. The van der Waals surface area contributed by atoms with Crippen LogP contribution in [0, 0.1) is 0 Å². The molecule has 2 rings (SSSR count). The molecule has 0 heterocycles. The zero-order valence-electron chi connectivity index (χ0n) is 9.04. The molecule has 0 N–H and O–H groups in total. The number of hydrogen-bond acceptors (Lipinski definition) is 4. The molecule has 0 spiro atoms. The summed E-state index contributed by atoms with van der Waals surface area (Å²) >= 11 is 3.31. The molecule has 0 aliphatic heterocycles. The van der Waals surface area contributed by atoms with Crippen LogP contribution in [0.5, 0.6) is 11.5 Å². The van der Waals surface area contributed by atoms with Crippen LogP contribution in [-0.2, 0) is 10.1 Å². The van der Waals surface area contributed by atoms with Gasteiger partial charge in [0.1, 0.15) is 21.6 Å². The van der Waals surface area contributed by atoms with Crippen molar-refractivity contribution in [1.82, 2.24) is 0 Å². The Morgan fingerprint density at radius 2 is 1.33 bits per heavy atom. The molecule has 0 saturated carbocycles. The van der Waals surface area contributed by atoms with Crippen molar-refractivity contribution >= 4 is 26.0 Å². The van der Waals surface area contributed by atoms with E-state index in [-0.39, 0.29) is 4.90 Å². The molecule has 0 aliphatic rings. The summed E-state index contributed by atoms with van der Waals surface area (Å²) in [5.74, 6) is 1.08. The molecule has 0 aliphatic carbocycles. The topological polar surface area (TPSA) is 66.4 Å². The first-order valence-corrected chi connectivity index (χ1v) is 7.15. The van der Waals surface area contributed by atoms with Gasteiger partial charge < -0.3 is 9.29 Å². The van der Waals surface area contributed by atoms with Crippen molar-refractivity contribution in [3.05, 3.63) is 53.0 Å². The molecule has 0 fully saturated rings. The number of halogens is 1. The molecule has 4 nitrogen and oxygen atoms in total. The first-order valence-electron chi connectivity index (χ1n) is 4.94. The number of ether oxygens (including phenoxy) is 1. The highest BCUT2D eigenvalue weighted by Gasteiger charge is 2.02. The first-order chi connectivity index (χ1) is 8.45. The third kappa shape index (κ3) is 3.32. The second-order valence-electron chi connectivity index (χ2n) is 3.48. The summed E-state index contributed by atoms with van der Waals surface area (Å²) in [7, 11) is -4.41. The van der Waals surface area contributed by atoms with Gasteiger partial charge in [-0.05, 0) is 48.5 Å². The Bertz CT molecular complexity index is 633. The van der Waals surface area contributed by atoms with Crippen molar-refractivity contribution < 1.29 is 17.7 Å². The molecule has 2 aromatic rings. The second-order valence-corrected chi connectivity index (χ2v) is 5.78. The molecule has 0 atom stereocenters. The molecule has 0 amide bonds. The fourth-order valence-corrected chi connectivity index (χ4v) is 2.05. The Morgan fingerprint density at radius 3 is 1.78 bits per heavy atom. The molecule has 0 radical (unpaired) electrons. The van der Waals surface area contributed by atoms with Gasteiger partial charge in [-0.1, -0.05) is 15.9 Å². The summed E-state index contributed by atoms with van der Waals surface area (Å²) < 4.78 is 38.6. The van der Waals surface area contributed by atoms with Crippen molar-refractivity contribution in [3.63, 3.8) is 0 Å². The van der Waals surface area contributed by atoms with Gasteiger partial charge in [-0.2, -0.15) is 0 Å². The van der Waals surface area contributed by atoms with Crippen molar-refractivity contribution in [1.29, 1.82) is 0 Å². The van der Waals surface area contributed by atoms with Crippen LogP contribution in [0.1, 0.15) is 0 Å². The van der Waals surface area contributed by atoms with Gasteiger partial charge in [0.05, 0.1) is 4.90 Å². The zero-order chi connectivity index (χ0) is 13.2. The number of rotatable bonds is 3. The lowest BCUT2D eigenvalue weighted by atomic mass is 10.3. The van der Waals surface area contributed by atoms with E-state index in [1.165, 1.54) is 24.3 Å². The standard InChI is InChI=1S/C12H9BrO4S/c13-9-1-3-10(4-2-9)17-11-5-7-12(8-6-11)18(14,15)16/h1-8H,(H,14,15,16)/p-1. The Labute approximate surface area is 113 Å². The fraction of sp³-hybridized carbons (Fsp3) is 0. The fourth-order valence-electron chi connectivity index (χ4n) is 1.31. The molecule has 2 aromatic carbocycles. The van der Waals surface area contributed by atoms with E-state index in [1.807, 2.05) is 12.1 Å². The van der Waals surface area contributed by atoms with Crippen LogP contribution >= 0.6 is 15.9 Å². The molecule has 0 unspecified atom stereocenters. The van der Waals surface area contributed by atoms with Crippen molar-refractivity contribution in [3.8, 4) is 11.5 Å². The maximum atomic E-state index is 10.7. The van der Waals surface area contributed by atoms with E-state index in [1.54, 1.807) is 12.1 Å². The van der Waals surface area contributed by atoms with Gasteiger partial charge in [0.2, 0.25) is 0 Å². The van der Waals surface area contributed by atoms with E-state index in [4.69, 9.17) is 4.74 Å². The van der Waals surface area contributed by atoms with Crippen LogP contribution in [0.2, 0.25) is 0 Å². The first kappa shape index (κ1) is 13.1. The van der Waals surface area contributed by atoms with E-state index >= 15 is 0 Å². The number of hydrogen-bond donors (Lipinski definition) is 0. The molecule has 0 saturated heterocycles. The maximum absolute atomic E-state index is 10.7. The summed E-state index contributed by atoms with van der Waals surface area (Å²) in [6, 6.07) is 12.5. The quantitative estimate of drug-likeness (QED) is 0.812. The summed E-state index contributed by atoms with van der Waals surface area (Å²) in [5, 5.41) is 0. The molecule has 94 valence electrons. The Balaban J connectivity index is 2.18. The Hall–Kier alpha value is -1.37. The minimum Gasteiger partial charge on any atom is -0.744 e. The predicted octanol–water partition coefficient (Wildman–Crippen LogP) is 3.15. The van der Waals surface area contributed by atoms with Gasteiger partial charge in [-0.3, -0.25) is 0 Å². The van der Waals surface area contributed by atoms with Crippen LogP contribution in [-0.4, -0.2) is 13.0 Å². The monoisotopic (exact) mass is 327 g/mol. The van der Waals surface area contributed by atoms with Gasteiger partial charge in [0.15, 0.2) is 0 Å². The number of benzene rings is 2. The molecular formula is C12H8BrO4S-. The SMILES string of the molecule is O=S(=O)([O-])c1ccc(Oc2ccc(Br)cc2)cc1. The Morgan fingerprint density at radius 1 is 0.889 bits per heavy atom. The molecule has 0 bridgehead atoms. The highest BCUT2D eigenvalue weighted by atomic mass is 79.9. The minimum atomic E-state index is -4.41. The average Bonchev–Trinajstić information content (AvgIpc) is 2.32. The maximum Gasteiger partial charge on any atom is 0.127 e. The lowest BCUT2D eigenvalue weighted by molar-refractivity contribution is 0.462. The highest BCUT2D eigenvalue weighted by molar-refractivity contribution is 9.10. The summed E-state index contributed by atoms with van der Waals surface area (Å²) in [4.78, 5) is -0.273. The van der Waals surface area contributed by atoms with E-state index in [2.05, 4.69) is 15.9 Å². The van der Waals surface area contributed by atoms with E-state index in [0.717, 1.165) is 4.47 Å². The smallest absolute Gasteiger partial charge is 0.127 e. The van der Waals surface area contributed by atoms with Gasteiger partial charge in [-0.25, -0.2) is 8.42 Å². The van der Waals surface area contributed by atoms with E-state index < -0.39 is 10.1 Å². The lowest BCUT2D eigenvalue weighted by Gasteiger charge is -2.09. The third-order valence-corrected chi connectivity index (χ3v) is 3.54. The second kappa shape index (κ2) is 5.09. The van der Waals surface area contributed by atoms with Crippen LogP contribution in [0.15, 0.2) is 57.9 Å². The van der Waals surface area contributed by atoms with E-state index in [9.17, 15) is 13.0 Å². The molecule has 0 aromatic heterocycles. The van der Waals surface area contributed by atoms with Gasteiger partial charge in [0.25, 0.3) is 0 Å². The molecule has 18 heavy (non-hydrogen) atoms. The molecular weight excluding hydrogens is 320 g/mol. The summed E-state index contributed by atoms with van der Waals surface area (Å²) in [5.41, 5.74) is 0. The Kier molecular flexibility index (Phi) is 3.70. The van der Waals surface area contributed by atoms with Crippen LogP contribution in [0.3, 0.4) is 0 Å². The average molecular weight is 328 g/mol. The van der Waals surface area contributed by atoms with E-state index in [0.29, 0.717) is 11.5 Å². The van der Waals surface area contributed by atoms with Crippen LogP contribution in [0.4, 0.5) is 0 Å². The summed E-state index contributed by atoms with van der Waals surface area (Å²) in [6.07, 6.45) is 0. The minimum absolute atomic E-state index is 0.273. The zero-order valence-corrected chi connectivity index (χ0v) is 11.4. The van der Waals surface area contributed by atoms with Crippen LogP contribution in [0.25, 0.3) is 0 Å². The highest BCUT2D eigenvalue weighted by Crippen LogP contribution is 2.24. The predicted molar refractivity (Wildman–Crippen MR) is 68.6 cm³/mol. The van der Waals surface area contributed by atoms with Gasteiger partial charge in [-0.15, -0.1) is 0 Å². The van der Waals surface area contributed by atoms with Gasteiger partial charge in [0, 0.05) is 4.47 Å². The summed E-state index contributed by atoms with van der Waals surface area (Å²) in [6.45, 7) is 0. The lowest BCUT2D eigenvalue weighted by Crippen LogP contribution is -1.97. The van der Waals surface area contributed by atoms with Crippen LogP contribution < -0.4 is 4.74 Å². The largest absolute Gasteiger partial charge is 0.744 e. The van der Waals surface area contributed by atoms with Crippen molar-refractivity contribution in [2.75, 3.05) is 0 Å². The van der Waals surface area contributed by atoms with Gasteiger partial charge >= 0.3 is 0 Å². The van der Waals surface area contributed by atoms with Crippen molar-refractivity contribution in [2.45, 2.75) is 4.90 Å². The third-order valence-electron chi connectivity index (χ3n) is 2.16. The van der Waals surface area contributed by atoms with Crippen molar-refractivity contribution in [2.24, 2.45) is 0 Å². The normalized spacial score (nSPS) is 11.2.